The minimum atomic E-state index is -0.278. The lowest BCUT2D eigenvalue weighted by atomic mass is 10.1. The normalized spacial score (nSPS) is 30.3. The molecule has 2 saturated heterocycles. The van der Waals surface area contributed by atoms with Crippen molar-refractivity contribution in [1.29, 1.82) is 0 Å². The number of hydrogen-bond acceptors (Lipinski definition) is 3. The van der Waals surface area contributed by atoms with Gasteiger partial charge in [-0.25, -0.2) is 0 Å². The first-order valence-corrected chi connectivity index (χ1v) is 6.73. The first-order chi connectivity index (χ1) is 7.24. The number of nitrogens with zero attached hydrogens (tertiary/aromatic N) is 1. The van der Waals surface area contributed by atoms with E-state index in [4.69, 9.17) is 0 Å². The lowest BCUT2D eigenvalue weighted by Gasteiger charge is -2.34. The number of piperazine rings is 1. The van der Waals surface area contributed by atoms with E-state index in [0.717, 1.165) is 31.6 Å². The molecule has 0 bridgehead atoms. The Hall–Kier alpha value is -0.710. The highest BCUT2D eigenvalue weighted by atomic mass is 32.2. The molecule has 2 atom stereocenters. The molecule has 0 spiro atoms. The van der Waals surface area contributed by atoms with Crippen molar-refractivity contribution in [3.8, 4) is 0 Å². The predicted octanol–water partition coefficient (Wildman–Crippen LogP) is 0.229. The van der Waals surface area contributed by atoms with Gasteiger partial charge >= 0.3 is 0 Å². The van der Waals surface area contributed by atoms with E-state index < -0.39 is 0 Å². The molecule has 2 amide bonds. The second-order valence-corrected chi connectivity index (χ2v) is 5.02. The Morgan fingerprint density at radius 3 is 3.07 bits per heavy atom. The fourth-order valence-corrected chi connectivity index (χ4v) is 2.74. The Morgan fingerprint density at radius 2 is 2.33 bits per heavy atom. The van der Waals surface area contributed by atoms with Crippen LogP contribution in [0.5, 0.6) is 0 Å². The SMILES string of the molecule is CSCCC1NC(=O)C2CCCN2C1=O. The molecule has 0 aromatic carbocycles. The Labute approximate surface area is 93.8 Å². The quantitative estimate of drug-likeness (QED) is 0.752. The Balaban J connectivity index is 2.03. The van der Waals surface area contributed by atoms with Gasteiger partial charge in [-0.2, -0.15) is 11.8 Å². The maximum atomic E-state index is 12.0. The standard InChI is InChI=1S/C10H16N2O2S/c1-15-6-4-7-10(14)12-5-2-3-8(12)9(13)11-7/h7-8H,2-6H2,1H3,(H,11,13). The van der Waals surface area contributed by atoms with Gasteiger partial charge in [-0.15, -0.1) is 0 Å². The summed E-state index contributed by atoms with van der Waals surface area (Å²) in [5.41, 5.74) is 0. The third kappa shape index (κ3) is 1.97. The van der Waals surface area contributed by atoms with Gasteiger partial charge in [0.05, 0.1) is 0 Å². The van der Waals surface area contributed by atoms with Gasteiger partial charge in [-0.1, -0.05) is 0 Å². The molecule has 84 valence electrons. The van der Waals surface area contributed by atoms with Gasteiger partial charge in [0.25, 0.3) is 0 Å². The third-order valence-electron chi connectivity index (χ3n) is 3.06. The smallest absolute Gasteiger partial charge is 0.245 e. The highest BCUT2D eigenvalue weighted by Gasteiger charge is 2.42. The Kier molecular flexibility index (Phi) is 3.19. The van der Waals surface area contributed by atoms with Crippen molar-refractivity contribution in [1.82, 2.24) is 10.2 Å². The molecule has 2 aliphatic rings. The van der Waals surface area contributed by atoms with Crippen molar-refractivity contribution in [2.45, 2.75) is 31.3 Å². The van der Waals surface area contributed by atoms with E-state index >= 15 is 0 Å². The van der Waals surface area contributed by atoms with Crippen molar-refractivity contribution >= 4 is 23.6 Å². The largest absolute Gasteiger partial charge is 0.342 e. The summed E-state index contributed by atoms with van der Waals surface area (Å²) in [5.74, 6) is 1.07. The van der Waals surface area contributed by atoms with E-state index in [-0.39, 0.29) is 23.9 Å². The van der Waals surface area contributed by atoms with E-state index in [0.29, 0.717) is 0 Å². The van der Waals surface area contributed by atoms with Crippen LogP contribution in [0.25, 0.3) is 0 Å². The predicted molar refractivity (Wildman–Crippen MR) is 59.7 cm³/mol. The summed E-state index contributed by atoms with van der Waals surface area (Å²) in [6.45, 7) is 0.757. The molecule has 2 fully saturated rings. The number of carbonyl (C=O) groups is 2. The van der Waals surface area contributed by atoms with Gasteiger partial charge < -0.3 is 10.2 Å². The van der Waals surface area contributed by atoms with Gasteiger partial charge in [0.1, 0.15) is 12.1 Å². The molecule has 2 heterocycles. The molecular weight excluding hydrogens is 212 g/mol. The monoisotopic (exact) mass is 228 g/mol. The summed E-state index contributed by atoms with van der Waals surface area (Å²) < 4.78 is 0. The molecule has 5 heteroatoms. The molecule has 0 saturated carbocycles. The van der Waals surface area contributed by atoms with Crippen molar-refractivity contribution in [3.05, 3.63) is 0 Å². The molecule has 0 radical (unpaired) electrons. The molecule has 0 aromatic rings. The summed E-state index contributed by atoms with van der Waals surface area (Å²) in [5, 5.41) is 2.83. The average Bonchev–Trinajstić information content (AvgIpc) is 2.70. The molecule has 0 aliphatic carbocycles. The number of thioether (sulfide) groups is 1. The number of hydrogen-bond donors (Lipinski definition) is 1. The van der Waals surface area contributed by atoms with Crippen LogP contribution >= 0.6 is 11.8 Å². The Morgan fingerprint density at radius 1 is 1.53 bits per heavy atom. The van der Waals surface area contributed by atoms with Crippen LogP contribution in [-0.4, -0.2) is 47.4 Å². The molecule has 1 N–H and O–H groups in total. The summed E-state index contributed by atoms with van der Waals surface area (Å²) in [7, 11) is 0. The Bertz CT molecular complexity index is 283. The number of nitrogens with one attached hydrogen (secondary N) is 1. The molecule has 4 nitrogen and oxygen atoms in total. The molecule has 15 heavy (non-hydrogen) atoms. The van der Waals surface area contributed by atoms with Crippen LogP contribution in [0.1, 0.15) is 19.3 Å². The fourth-order valence-electron chi connectivity index (χ4n) is 2.26. The molecule has 0 aromatic heterocycles. The summed E-state index contributed by atoms with van der Waals surface area (Å²) >= 11 is 1.70. The maximum absolute atomic E-state index is 12.0. The van der Waals surface area contributed by atoms with Crippen LogP contribution in [0.3, 0.4) is 0 Å². The fraction of sp³-hybridized carbons (Fsp3) is 0.800. The average molecular weight is 228 g/mol. The lowest BCUT2D eigenvalue weighted by Crippen LogP contribution is -2.61. The highest BCUT2D eigenvalue weighted by Crippen LogP contribution is 2.23. The van der Waals surface area contributed by atoms with Crippen molar-refractivity contribution < 1.29 is 9.59 Å². The second-order valence-electron chi connectivity index (χ2n) is 4.03. The van der Waals surface area contributed by atoms with Gasteiger partial charge in [0, 0.05) is 6.54 Å². The number of carbonyl (C=O) groups excluding carboxylic acids is 2. The minimum absolute atomic E-state index is 0.0400. The summed E-state index contributed by atoms with van der Waals surface area (Å²) in [6, 6.07) is -0.456. The zero-order chi connectivity index (χ0) is 10.8. The number of fused-ring (bicyclic) bond motifs is 1. The van der Waals surface area contributed by atoms with E-state index in [9.17, 15) is 9.59 Å². The lowest BCUT2D eigenvalue weighted by molar-refractivity contribution is -0.147. The van der Waals surface area contributed by atoms with E-state index in [1.54, 1.807) is 16.7 Å². The van der Waals surface area contributed by atoms with Crippen LogP contribution in [0.2, 0.25) is 0 Å². The third-order valence-corrected chi connectivity index (χ3v) is 3.71. The van der Waals surface area contributed by atoms with Gasteiger partial charge in [-0.3, -0.25) is 9.59 Å². The first kappa shape index (κ1) is 10.8. The van der Waals surface area contributed by atoms with Crippen LogP contribution in [-0.2, 0) is 9.59 Å². The zero-order valence-corrected chi connectivity index (χ0v) is 9.68. The van der Waals surface area contributed by atoms with Crippen molar-refractivity contribution in [2.24, 2.45) is 0 Å². The minimum Gasteiger partial charge on any atom is -0.342 e. The van der Waals surface area contributed by atoms with Crippen molar-refractivity contribution in [3.63, 3.8) is 0 Å². The van der Waals surface area contributed by atoms with Crippen LogP contribution < -0.4 is 5.32 Å². The second kappa shape index (κ2) is 4.43. The molecular formula is C10H16N2O2S. The van der Waals surface area contributed by atoms with Gasteiger partial charge in [0.15, 0.2) is 0 Å². The van der Waals surface area contributed by atoms with Crippen LogP contribution in [0, 0.1) is 0 Å². The molecule has 2 unspecified atom stereocenters. The van der Waals surface area contributed by atoms with Crippen LogP contribution in [0.4, 0.5) is 0 Å². The molecule has 2 rings (SSSR count). The van der Waals surface area contributed by atoms with Gasteiger partial charge in [0.2, 0.25) is 11.8 Å². The maximum Gasteiger partial charge on any atom is 0.245 e. The topological polar surface area (TPSA) is 49.4 Å². The zero-order valence-electron chi connectivity index (χ0n) is 8.86. The summed E-state index contributed by atoms with van der Waals surface area (Å²) in [6.07, 6.45) is 4.54. The van der Waals surface area contributed by atoms with E-state index in [1.807, 2.05) is 6.26 Å². The first-order valence-electron chi connectivity index (χ1n) is 5.34. The van der Waals surface area contributed by atoms with Gasteiger partial charge in [-0.05, 0) is 31.3 Å². The van der Waals surface area contributed by atoms with Crippen molar-refractivity contribution in [2.75, 3.05) is 18.6 Å². The highest BCUT2D eigenvalue weighted by molar-refractivity contribution is 7.98. The van der Waals surface area contributed by atoms with E-state index in [1.165, 1.54) is 0 Å². The number of rotatable bonds is 3. The van der Waals surface area contributed by atoms with E-state index in [2.05, 4.69) is 5.32 Å². The number of amides is 2. The van der Waals surface area contributed by atoms with Crippen LogP contribution in [0.15, 0.2) is 0 Å². The summed E-state index contributed by atoms with van der Waals surface area (Å²) in [4.78, 5) is 25.4. The molecule has 2 aliphatic heterocycles.